The van der Waals surface area contributed by atoms with Crippen molar-refractivity contribution < 1.29 is 23.1 Å². The molecule has 0 radical (unpaired) electrons. The van der Waals surface area contributed by atoms with Crippen molar-refractivity contribution in [2.24, 2.45) is 5.92 Å². The maximum atomic E-state index is 14.7. The molecule has 5 rings (SSSR count). The number of carbonyl (C=O) groups excluding carboxylic acids is 1. The van der Waals surface area contributed by atoms with E-state index < -0.39 is 29.5 Å². The zero-order valence-corrected chi connectivity index (χ0v) is 22.5. The Bertz CT molecular complexity index is 1610. The van der Waals surface area contributed by atoms with Crippen LogP contribution in [0.15, 0.2) is 94.8 Å². The van der Waals surface area contributed by atoms with E-state index in [1.165, 1.54) is 24.3 Å². The number of Topliss-reactive ketones (excluding diaryl/α,β-unsaturated/α-hetero) is 1. The average molecular weight is 585 g/mol. The number of hydrogen-bond donors (Lipinski definition) is 2. The molecule has 1 aromatic heterocycles. The van der Waals surface area contributed by atoms with E-state index in [0.717, 1.165) is 39.4 Å². The summed E-state index contributed by atoms with van der Waals surface area (Å²) in [4.78, 5) is 13.7. The summed E-state index contributed by atoms with van der Waals surface area (Å²) < 4.78 is 44.2. The number of nitrogens with zero attached hydrogens (tertiary/aromatic N) is 1. The fraction of sp³-hybridized carbons (Fsp3) is 0.172. The highest BCUT2D eigenvalue weighted by atomic mass is 35.5. The molecule has 39 heavy (non-hydrogen) atoms. The van der Waals surface area contributed by atoms with Gasteiger partial charge in [-0.2, -0.15) is 18.4 Å². The number of benzene rings is 3. The minimum absolute atomic E-state index is 0.0330. The van der Waals surface area contributed by atoms with Crippen LogP contribution in [0, 0.1) is 17.2 Å². The van der Waals surface area contributed by atoms with Gasteiger partial charge in [-0.3, -0.25) is 4.79 Å². The third kappa shape index (κ3) is 4.94. The molecule has 0 bridgehead atoms. The van der Waals surface area contributed by atoms with Gasteiger partial charge in [-0.05, 0) is 39.4 Å². The van der Waals surface area contributed by atoms with Gasteiger partial charge in [0.2, 0.25) is 5.72 Å². The lowest BCUT2D eigenvalue weighted by Gasteiger charge is -2.45. The van der Waals surface area contributed by atoms with Gasteiger partial charge in [0.25, 0.3) is 0 Å². The SMILES string of the molecule is N#CC1=C(SCc2cccc3ccccc23)N[C@](O)(C(F)(F)F)[C@H](C(=O)c2cccs2)[C@@H]1c1ccccc1Cl. The molecule has 2 N–H and O–H groups in total. The van der Waals surface area contributed by atoms with Gasteiger partial charge in [-0.1, -0.05) is 78.3 Å². The summed E-state index contributed by atoms with van der Waals surface area (Å²) in [7, 11) is 0. The Morgan fingerprint density at radius 1 is 1.08 bits per heavy atom. The smallest absolute Gasteiger partial charge is 0.363 e. The number of fused-ring (bicyclic) bond motifs is 1. The summed E-state index contributed by atoms with van der Waals surface area (Å²) in [6, 6.07) is 24.3. The molecule has 0 fully saturated rings. The van der Waals surface area contributed by atoms with E-state index in [1.54, 1.807) is 17.5 Å². The summed E-state index contributed by atoms with van der Waals surface area (Å²) in [5.41, 5.74) is -2.78. The number of allylic oxidation sites excluding steroid dienone is 1. The van der Waals surface area contributed by atoms with Crippen LogP contribution >= 0.6 is 34.7 Å². The van der Waals surface area contributed by atoms with Crippen molar-refractivity contribution in [1.29, 1.82) is 5.26 Å². The molecule has 2 heterocycles. The van der Waals surface area contributed by atoms with Gasteiger partial charge in [0.05, 0.1) is 27.5 Å². The highest BCUT2D eigenvalue weighted by Gasteiger charge is 2.66. The van der Waals surface area contributed by atoms with Gasteiger partial charge < -0.3 is 10.4 Å². The number of halogens is 4. The third-order valence-corrected chi connectivity index (χ3v) is 9.03. The summed E-state index contributed by atoms with van der Waals surface area (Å²) in [5, 5.41) is 27.2. The highest BCUT2D eigenvalue weighted by Crippen LogP contribution is 2.52. The van der Waals surface area contributed by atoms with Crippen LogP contribution in [0.25, 0.3) is 10.8 Å². The zero-order valence-electron chi connectivity index (χ0n) is 20.1. The van der Waals surface area contributed by atoms with E-state index in [-0.39, 0.29) is 31.8 Å². The fourth-order valence-corrected chi connectivity index (χ4v) is 6.96. The second-order valence-electron chi connectivity index (χ2n) is 8.99. The molecule has 0 spiro atoms. The van der Waals surface area contributed by atoms with E-state index in [9.17, 15) is 28.3 Å². The molecule has 3 aromatic carbocycles. The quantitative estimate of drug-likeness (QED) is 0.228. The molecule has 3 atom stereocenters. The normalized spacial score (nSPS) is 21.4. The maximum absolute atomic E-state index is 14.7. The first-order chi connectivity index (χ1) is 18.7. The Morgan fingerprint density at radius 2 is 1.79 bits per heavy atom. The summed E-state index contributed by atoms with van der Waals surface area (Å²) in [6.45, 7) is 0. The molecule has 0 saturated carbocycles. The van der Waals surface area contributed by atoms with Crippen molar-refractivity contribution in [1.82, 2.24) is 5.32 Å². The summed E-state index contributed by atoms with van der Waals surface area (Å²) in [6.07, 6.45) is -5.27. The van der Waals surface area contributed by atoms with Crippen molar-refractivity contribution in [3.8, 4) is 6.07 Å². The molecule has 0 amide bonds. The van der Waals surface area contributed by atoms with E-state index in [4.69, 9.17) is 11.6 Å². The molecule has 10 heteroatoms. The molecular formula is C29H20ClF3N2O2S2. The van der Waals surface area contributed by atoms with Gasteiger partial charge in [-0.25, -0.2) is 0 Å². The van der Waals surface area contributed by atoms with Gasteiger partial charge in [0.1, 0.15) is 0 Å². The second-order valence-corrected chi connectivity index (χ2v) is 11.3. The Morgan fingerprint density at radius 3 is 2.49 bits per heavy atom. The Balaban J connectivity index is 1.68. The largest absolute Gasteiger partial charge is 0.437 e. The maximum Gasteiger partial charge on any atom is 0.437 e. The van der Waals surface area contributed by atoms with Crippen LogP contribution in [0.4, 0.5) is 13.2 Å². The van der Waals surface area contributed by atoms with E-state index >= 15 is 0 Å². The lowest BCUT2D eigenvalue weighted by atomic mass is 9.70. The standard InChI is InChI=1S/C29H20ClF3N2O2S2/c30-22-12-4-3-11-20(22)24-21(15-34)27(39-16-18-9-5-8-17-7-1-2-10-19(17)18)35-28(37,29(31,32)33)25(24)26(36)23-13-6-14-38-23/h1-14,24-25,35,37H,16H2/t24-,25+,28-/m1/s1. The minimum Gasteiger partial charge on any atom is -0.363 e. The van der Waals surface area contributed by atoms with Crippen LogP contribution in [0.3, 0.4) is 0 Å². The number of rotatable bonds is 6. The molecule has 0 aliphatic carbocycles. The number of nitriles is 1. The van der Waals surface area contributed by atoms with Crippen LogP contribution in [0.5, 0.6) is 0 Å². The summed E-state index contributed by atoms with van der Waals surface area (Å²) >= 11 is 8.37. The average Bonchev–Trinajstić information content (AvgIpc) is 3.46. The number of thiophene rings is 1. The molecular weight excluding hydrogens is 565 g/mol. The first-order valence-electron chi connectivity index (χ1n) is 11.8. The van der Waals surface area contributed by atoms with Gasteiger partial charge in [0.15, 0.2) is 5.78 Å². The topological polar surface area (TPSA) is 73.1 Å². The van der Waals surface area contributed by atoms with Crippen LogP contribution in [0.2, 0.25) is 5.02 Å². The van der Waals surface area contributed by atoms with Crippen LogP contribution in [-0.4, -0.2) is 22.8 Å². The Kier molecular flexibility index (Phi) is 7.49. The second kappa shape index (κ2) is 10.7. The predicted octanol–water partition coefficient (Wildman–Crippen LogP) is 7.66. The first kappa shape index (κ1) is 27.3. The molecule has 4 nitrogen and oxygen atoms in total. The number of carbonyl (C=O) groups is 1. The van der Waals surface area contributed by atoms with Crippen molar-refractivity contribution in [2.75, 3.05) is 0 Å². The number of thioether (sulfide) groups is 1. The highest BCUT2D eigenvalue weighted by molar-refractivity contribution is 8.02. The molecule has 198 valence electrons. The molecule has 0 unspecified atom stereocenters. The van der Waals surface area contributed by atoms with Crippen molar-refractivity contribution in [2.45, 2.75) is 23.6 Å². The van der Waals surface area contributed by atoms with Crippen LogP contribution in [0.1, 0.15) is 26.7 Å². The van der Waals surface area contributed by atoms with E-state index in [1.807, 2.05) is 48.5 Å². The molecule has 1 aliphatic rings. The monoisotopic (exact) mass is 584 g/mol. The number of aliphatic hydroxyl groups is 1. The molecule has 4 aromatic rings. The summed E-state index contributed by atoms with van der Waals surface area (Å²) in [5.74, 6) is -4.29. The van der Waals surface area contributed by atoms with Gasteiger partial charge >= 0.3 is 6.18 Å². The van der Waals surface area contributed by atoms with E-state index in [0.29, 0.717) is 0 Å². The number of ketones is 1. The third-order valence-electron chi connectivity index (χ3n) is 6.73. The van der Waals surface area contributed by atoms with Gasteiger partial charge in [-0.15, -0.1) is 23.1 Å². The van der Waals surface area contributed by atoms with Crippen molar-refractivity contribution >= 4 is 51.3 Å². The minimum atomic E-state index is -5.27. The number of hydrogen-bond acceptors (Lipinski definition) is 6. The Hall–Kier alpha value is -3.29. The zero-order chi connectivity index (χ0) is 27.8. The Labute approximate surface area is 235 Å². The number of nitrogens with one attached hydrogen (secondary N) is 1. The van der Waals surface area contributed by atoms with Crippen molar-refractivity contribution in [3.63, 3.8) is 0 Å². The van der Waals surface area contributed by atoms with Crippen LogP contribution < -0.4 is 5.32 Å². The van der Waals surface area contributed by atoms with E-state index in [2.05, 4.69) is 5.32 Å². The lowest BCUT2D eigenvalue weighted by molar-refractivity contribution is -0.285. The lowest BCUT2D eigenvalue weighted by Crippen LogP contribution is -2.66. The molecule has 1 aliphatic heterocycles. The fourth-order valence-electron chi connectivity index (χ4n) is 4.89. The number of alkyl halides is 3. The molecule has 0 saturated heterocycles. The first-order valence-corrected chi connectivity index (χ1v) is 14.0. The van der Waals surface area contributed by atoms with Gasteiger partial charge in [0, 0.05) is 16.7 Å². The van der Waals surface area contributed by atoms with Crippen molar-refractivity contribution in [3.05, 3.63) is 116 Å². The van der Waals surface area contributed by atoms with Crippen LogP contribution in [-0.2, 0) is 5.75 Å². The predicted molar refractivity (Wildman–Crippen MR) is 148 cm³/mol.